The third-order valence-corrected chi connectivity index (χ3v) is 4.04. The van der Waals surface area contributed by atoms with Crippen LogP contribution in [0.15, 0.2) is 60.9 Å². The van der Waals surface area contributed by atoms with E-state index in [1.807, 2.05) is 0 Å². The number of nitrogens with one attached hydrogen (secondary N) is 1. The summed E-state index contributed by atoms with van der Waals surface area (Å²) in [7, 11) is 0. The molecule has 3 nitrogen and oxygen atoms in total. The summed E-state index contributed by atoms with van der Waals surface area (Å²) >= 11 is 0. The number of rotatable bonds is 6. The van der Waals surface area contributed by atoms with Crippen molar-refractivity contribution in [2.75, 3.05) is 6.54 Å². The Balaban J connectivity index is 0.00000132. The summed E-state index contributed by atoms with van der Waals surface area (Å²) in [5.41, 5.74) is 3.89. The van der Waals surface area contributed by atoms with Crippen molar-refractivity contribution in [1.29, 1.82) is 0 Å². The van der Waals surface area contributed by atoms with Crippen LogP contribution >= 0.6 is 0 Å². The van der Waals surface area contributed by atoms with Crippen LogP contribution in [0.2, 0.25) is 0 Å². The van der Waals surface area contributed by atoms with Crippen LogP contribution in [-0.4, -0.2) is 11.5 Å². The Bertz CT molecular complexity index is 698. The molecule has 23 heavy (non-hydrogen) atoms. The Morgan fingerprint density at radius 3 is 2.48 bits per heavy atom. The van der Waals surface area contributed by atoms with Crippen LogP contribution in [0.5, 0.6) is 0 Å². The fourth-order valence-electron chi connectivity index (χ4n) is 2.77. The Morgan fingerprint density at radius 2 is 1.70 bits per heavy atom. The lowest BCUT2D eigenvalue weighted by atomic mass is 10.1. The van der Waals surface area contributed by atoms with E-state index in [1.54, 1.807) is 0 Å². The number of H-pyrrole nitrogens is 1. The van der Waals surface area contributed by atoms with Crippen molar-refractivity contribution in [2.45, 2.75) is 25.9 Å². The summed E-state index contributed by atoms with van der Waals surface area (Å²) in [6, 6.07) is 19.7. The second-order valence-electron chi connectivity index (χ2n) is 5.56. The number of hydrogen-bond donors (Lipinski definition) is 2. The van der Waals surface area contributed by atoms with Gasteiger partial charge in [0.05, 0.1) is 13.1 Å². The van der Waals surface area contributed by atoms with Crippen molar-refractivity contribution < 1.29 is 34.7 Å². The molecular weight excluding hydrogens is 329 g/mol. The Hall–Kier alpha value is -1.55. The minimum absolute atomic E-state index is 0. The number of aromatic nitrogens is 2. The molecule has 2 aromatic carbocycles. The molecule has 5 heteroatoms. The summed E-state index contributed by atoms with van der Waals surface area (Å²) in [5, 5.41) is 2.42. The second kappa shape index (κ2) is 9.56. The van der Waals surface area contributed by atoms with E-state index in [9.17, 15) is 0 Å². The van der Waals surface area contributed by atoms with Gasteiger partial charge in [-0.05, 0) is 19.1 Å². The number of para-hydroxylation sites is 2. The molecule has 1 aromatic heterocycles. The molecule has 0 bridgehead atoms. The van der Waals surface area contributed by atoms with Gasteiger partial charge in [0.1, 0.15) is 6.04 Å². The summed E-state index contributed by atoms with van der Waals surface area (Å²) in [4.78, 5) is 3.32. The fraction of sp³-hybridized carbons (Fsp3) is 0.278. The van der Waals surface area contributed by atoms with Gasteiger partial charge >= 0.3 is 0 Å². The first-order valence-corrected chi connectivity index (χ1v) is 7.68. The van der Waals surface area contributed by atoms with Crippen molar-refractivity contribution >= 4 is 11.0 Å². The number of quaternary nitrogens is 1. The predicted molar refractivity (Wildman–Crippen MR) is 84.8 cm³/mol. The van der Waals surface area contributed by atoms with Gasteiger partial charge in [-0.3, -0.25) is 0 Å². The Labute approximate surface area is 149 Å². The van der Waals surface area contributed by atoms with Gasteiger partial charge in [-0.1, -0.05) is 42.5 Å². The second-order valence-corrected chi connectivity index (χ2v) is 5.56. The average molecular weight is 352 g/mol. The van der Waals surface area contributed by atoms with Crippen LogP contribution < -0.4 is 34.7 Å². The van der Waals surface area contributed by atoms with Gasteiger partial charge in [0.25, 0.3) is 0 Å². The maximum atomic E-state index is 3.32. The minimum atomic E-state index is 0. The molecule has 124 valence electrons. The van der Waals surface area contributed by atoms with E-state index in [-0.39, 0.29) is 24.8 Å². The molecule has 0 aliphatic rings. The SMILES string of the molecule is CC([NH2+]CCC[n+]1c[nH]c2ccccc21)c1ccccc1.[Cl-].[Cl-]. The van der Waals surface area contributed by atoms with Gasteiger partial charge in [-0.25, -0.2) is 9.55 Å². The van der Waals surface area contributed by atoms with Crippen LogP contribution in [0.4, 0.5) is 0 Å². The molecule has 3 rings (SSSR count). The molecule has 1 atom stereocenters. The first kappa shape index (κ1) is 19.5. The number of fused-ring (bicyclic) bond motifs is 1. The molecule has 0 spiro atoms. The van der Waals surface area contributed by atoms with E-state index < -0.39 is 0 Å². The lowest BCUT2D eigenvalue weighted by molar-refractivity contribution is -0.711. The monoisotopic (exact) mass is 351 g/mol. The standard InChI is InChI=1S/C18H21N3.2ClH/c1-15(16-8-3-2-4-9-16)19-12-7-13-21-14-20-17-10-5-6-11-18(17)21;;/h2-6,8-11,14-15,19H,7,12-13H2,1H3;2*1H. The van der Waals surface area contributed by atoms with Crippen molar-refractivity contribution in [1.82, 2.24) is 4.98 Å². The van der Waals surface area contributed by atoms with Crippen molar-refractivity contribution in [3.8, 4) is 0 Å². The van der Waals surface area contributed by atoms with Crippen LogP contribution in [0, 0.1) is 0 Å². The number of nitrogens with zero attached hydrogens (tertiary/aromatic N) is 1. The van der Waals surface area contributed by atoms with Gasteiger partial charge < -0.3 is 30.1 Å². The third-order valence-electron chi connectivity index (χ3n) is 4.04. The molecule has 3 aromatic rings. The number of imidazole rings is 1. The van der Waals surface area contributed by atoms with E-state index in [0.717, 1.165) is 13.1 Å². The van der Waals surface area contributed by atoms with Gasteiger partial charge in [0, 0.05) is 12.0 Å². The van der Waals surface area contributed by atoms with Gasteiger partial charge in [0.15, 0.2) is 11.0 Å². The average Bonchev–Trinajstić information content (AvgIpc) is 2.95. The quantitative estimate of drug-likeness (QED) is 0.337. The lowest BCUT2D eigenvalue weighted by Gasteiger charge is -2.10. The molecule has 0 aliphatic carbocycles. The van der Waals surface area contributed by atoms with E-state index in [1.165, 1.54) is 23.0 Å². The molecule has 1 unspecified atom stereocenters. The molecule has 0 aliphatic heterocycles. The maximum absolute atomic E-state index is 3.32. The highest BCUT2D eigenvalue weighted by molar-refractivity contribution is 5.70. The zero-order chi connectivity index (χ0) is 14.5. The van der Waals surface area contributed by atoms with Crippen LogP contribution in [0.25, 0.3) is 11.0 Å². The fourth-order valence-corrected chi connectivity index (χ4v) is 2.77. The minimum Gasteiger partial charge on any atom is -1.00 e. The van der Waals surface area contributed by atoms with Crippen molar-refractivity contribution in [2.24, 2.45) is 0 Å². The topological polar surface area (TPSA) is 36.3 Å². The normalized spacial score (nSPS) is 11.5. The van der Waals surface area contributed by atoms with Gasteiger partial charge in [0.2, 0.25) is 6.33 Å². The number of aryl methyl sites for hydroxylation is 1. The zero-order valence-electron chi connectivity index (χ0n) is 13.3. The molecule has 0 saturated heterocycles. The number of benzene rings is 2. The van der Waals surface area contributed by atoms with Crippen LogP contribution in [0.1, 0.15) is 24.9 Å². The van der Waals surface area contributed by atoms with E-state index in [0.29, 0.717) is 6.04 Å². The van der Waals surface area contributed by atoms with Gasteiger partial charge in [-0.15, -0.1) is 0 Å². The zero-order valence-corrected chi connectivity index (χ0v) is 14.8. The molecule has 0 fully saturated rings. The van der Waals surface area contributed by atoms with E-state index >= 15 is 0 Å². The highest BCUT2D eigenvalue weighted by Crippen LogP contribution is 2.07. The van der Waals surface area contributed by atoms with Gasteiger partial charge in [-0.2, -0.15) is 0 Å². The van der Waals surface area contributed by atoms with E-state index in [4.69, 9.17) is 0 Å². The first-order chi connectivity index (χ1) is 10.3. The smallest absolute Gasteiger partial charge is 0.242 e. The van der Waals surface area contributed by atoms with Crippen molar-refractivity contribution in [3.63, 3.8) is 0 Å². The Kier molecular flexibility index (Phi) is 8.10. The molecule has 0 amide bonds. The Morgan fingerprint density at radius 1 is 1.00 bits per heavy atom. The summed E-state index contributed by atoms with van der Waals surface area (Å²) in [5.74, 6) is 0. The summed E-state index contributed by atoms with van der Waals surface area (Å²) in [6.07, 6.45) is 3.25. The maximum Gasteiger partial charge on any atom is 0.242 e. The molecule has 1 heterocycles. The van der Waals surface area contributed by atoms with Crippen LogP contribution in [0.3, 0.4) is 0 Å². The lowest BCUT2D eigenvalue weighted by Crippen LogP contribution is -3.00. The largest absolute Gasteiger partial charge is 1.00 e. The highest BCUT2D eigenvalue weighted by Gasteiger charge is 2.10. The molecule has 3 N–H and O–H groups in total. The highest BCUT2D eigenvalue weighted by atomic mass is 35.5. The number of halogens is 2. The predicted octanol–water partition coefficient (Wildman–Crippen LogP) is -3.82. The number of aromatic amines is 1. The summed E-state index contributed by atoms with van der Waals surface area (Å²) in [6.45, 7) is 4.47. The molecule has 0 saturated carbocycles. The van der Waals surface area contributed by atoms with Crippen LogP contribution in [-0.2, 0) is 6.54 Å². The van der Waals surface area contributed by atoms with E-state index in [2.05, 4.69) is 82.7 Å². The molecule has 0 radical (unpaired) electrons. The van der Waals surface area contributed by atoms with Crippen molar-refractivity contribution in [3.05, 3.63) is 66.5 Å². The number of hydrogen-bond acceptors (Lipinski definition) is 0. The summed E-state index contributed by atoms with van der Waals surface area (Å²) < 4.78 is 2.30. The number of nitrogens with two attached hydrogens (primary N) is 1. The third kappa shape index (κ3) is 4.96. The first-order valence-electron chi connectivity index (χ1n) is 7.68. The molecular formula is C18H23Cl2N3.